The predicted molar refractivity (Wildman–Crippen MR) is 78.3 cm³/mol. The fourth-order valence-corrected chi connectivity index (χ4v) is 3.41. The summed E-state index contributed by atoms with van der Waals surface area (Å²) in [4.78, 5) is 2.64. The Bertz CT molecular complexity index is 415. The molecule has 2 fully saturated rings. The molecule has 1 saturated heterocycles. The number of likely N-dealkylation sites (tertiary alicyclic amines) is 1. The Morgan fingerprint density at radius 1 is 1.11 bits per heavy atom. The largest absolute Gasteiger partial charge is 0.489 e. The van der Waals surface area contributed by atoms with E-state index < -0.39 is 0 Å². The van der Waals surface area contributed by atoms with Crippen LogP contribution in [0.1, 0.15) is 38.5 Å². The molecule has 1 heterocycles. The molecule has 0 spiro atoms. The van der Waals surface area contributed by atoms with Gasteiger partial charge in [-0.3, -0.25) is 4.90 Å². The number of anilines is 1. The number of hydrogen-bond acceptors (Lipinski definition) is 3. The zero-order chi connectivity index (χ0) is 13.1. The maximum atomic E-state index is 6.06. The summed E-state index contributed by atoms with van der Waals surface area (Å²) in [7, 11) is 0. The Morgan fingerprint density at radius 3 is 2.74 bits per heavy atom. The molecule has 3 nitrogen and oxygen atoms in total. The van der Waals surface area contributed by atoms with Crippen molar-refractivity contribution in [1.82, 2.24) is 4.90 Å². The predicted octanol–water partition coefficient (Wildman–Crippen LogP) is 3.05. The van der Waals surface area contributed by atoms with Gasteiger partial charge in [0, 0.05) is 30.9 Å². The molecule has 104 valence electrons. The Balaban J connectivity index is 1.54. The van der Waals surface area contributed by atoms with Crippen molar-refractivity contribution in [2.75, 3.05) is 18.8 Å². The molecule has 1 saturated carbocycles. The van der Waals surface area contributed by atoms with Gasteiger partial charge in [-0.05, 0) is 31.4 Å². The second kappa shape index (κ2) is 5.83. The van der Waals surface area contributed by atoms with E-state index in [4.69, 9.17) is 10.5 Å². The molecule has 1 aliphatic carbocycles. The number of benzene rings is 1. The fourth-order valence-electron chi connectivity index (χ4n) is 3.41. The molecule has 3 rings (SSSR count). The van der Waals surface area contributed by atoms with E-state index in [-0.39, 0.29) is 0 Å². The topological polar surface area (TPSA) is 38.5 Å². The molecule has 0 aromatic heterocycles. The summed E-state index contributed by atoms with van der Waals surface area (Å²) in [5.41, 5.74) is 6.56. The van der Waals surface area contributed by atoms with Crippen molar-refractivity contribution in [2.24, 2.45) is 0 Å². The lowest BCUT2D eigenvalue weighted by Gasteiger charge is -2.30. The molecule has 1 aromatic rings. The van der Waals surface area contributed by atoms with Crippen LogP contribution in [0.2, 0.25) is 0 Å². The molecule has 0 amide bonds. The molecule has 1 atom stereocenters. The molecule has 1 unspecified atom stereocenters. The summed E-state index contributed by atoms with van der Waals surface area (Å²) in [6, 6.07) is 8.58. The van der Waals surface area contributed by atoms with Crippen LogP contribution < -0.4 is 10.5 Å². The quantitative estimate of drug-likeness (QED) is 0.849. The van der Waals surface area contributed by atoms with Crippen molar-refractivity contribution < 1.29 is 4.74 Å². The highest BCUT2D eigenvalue weighted by atomic mass is 16.5. The summed E-state index contributed by atoms with van der Waals surface area (Å²) in [6.45, 7) is 2.27. The van der Waals surface area contributed by atoms with Crippen LogP contribution in [0.25, 0.3) is 0 Å². The minimum Gasteiger partial charge on any atom is -0.489 e. The van der Waals surface area contributed by atoms with Gasteiger partial charge >= 0.3 is 0 Å². The molecule has 3 heteroatoms. The maximum Gasteiger partial charge on any atom is 0.121 e. The van der Waals surface area contributed by atoms with E-state index in [0.717, 1.165) is 30.4 Å². The van der Waals surface area contributed by atoms with Crippen molar-refractivity contribution in [3.8, 4) is 5.75 Å². The third-order valence-corrected chi connectivity index (χ3v) is 4.43. The van der Waals surface area contributed by atoms with Crippen LogP contribution in [0.15, 0.2) is 24.3 Å². The highest BCUT2D eigenvalue weighted by molar-refractivity contribution is 5.43. The van der Waals surface area contributed by atoms with Crippen LogP contribution in [0.4, 0.5) is 5.69 Å². The Hall–Kier alpha value is -1.22. The van der Waals surface area contributed by atoms with Crippen LogP contribution in [-0.2, 0) is 0 Å². The van der Waals surface area contributed by atoms with Crippen molar-refractivity contribution >= 4 is 5.69 Å². The van der Waals surface area contributed by atoms with E-state index in [0.29, 0.717) is 6.10 Å². The van der Waals surface area contributed by atoms with Crippen LogP contribution in [-0.4, -0.2) is 30.1 Å². The average molecular weight is 260 g/mol. The van der Waals surface area contributed by atoms with E-state index >= 15 is 0 Å². The zero-order valence-electron chi connectivity index (χ0n) is 11.6. The molecule has 1 aromatic carbocycles. The van der Waals surface area contributed by atoms with Gasteiger partial charge in [0.25, 0.3) is 0 Å². The van der Waals surface area contributed by atoms with Gasteiger partial charge in [0.15, 0.2) is 0 Å². The van der Waals surface area contributed by atoms with Crippen LogP contribution in [0.3, 0.4) is 0 Å². The fraction of sp³-hybridized carbons (Fsp3) is 0.625. The van der Waals surface area contributed by atoms with Gasteiger partial charge in [0.1, 0.15) is 11.9 Å². The molecule has 1 aliphatic heterocycles. The molecule has 2 N–H and O–H groups in total. The first-order valence-corrected chi connectivity index (χ1v) is 7.57. The highest BCUT2D eigenvalue weighted by Crippen LogP contribution is 2.27. The number of ether oxygens (including phenoxy) is 1. The lowest BCUT2D eigenvalue weighted by Crippen LogP contribution is -2.36. The van der Waals surface area contributed by atoms with Gasteiger partial charge in [0.05, 0.1) is 0 Å². The molecule has 19 heavy (non-hydrogen) atoms. The SMILES string of the molecule is Nc1cccc(OC2CCN(C3CCCCC3)C2)c1. The first kappa shape index (κ1) is 12.8. The first-order chi connectivity index (χ1) is 9.31. The maximum absolute atomic E-state index is 6.06. The highest BCUT2D eigenvalue weighted by Gasteiger charge is 2.30. The van der Waals surface area contributed by atoms with Crippen LogP contribution >= 0.6 is 0 Å². The van der Waals surface area contributed by atoms with E-state index in [1.165, 1.54) is 38.6 Å². The van der Waals surface area contributed by atoms with E-state index in [1.54, 1.807) is 0 Å². The number of nitrogens with two attached hydrogens (primary N) is 1. The number of nitrogens with zero attached hydrogens (tertiary/aromatic N) is 1. The average Bonchev–Trinajstić information content (AvgIpc) is 2.88. The molecule has 0 bridgehead atoms. The lowest BCUT2D eigenvalue weighted by atomic mass is 9.94. The summed E-state index contributed by atoms with van der Waals surface area (Å²) in [6.07, 6.45) is 8.47. The van der Waals surface area contributed by atoms with E-state index in [9.17, 15) is 0 Å². The standard InChI is InChI=1S/C16H24N2O/c17-13-5-4-8-15(11-13)19-16-9-10-18(12-16)14-6-2-1-3-7-14/h4-5,8,11,14,16H,1-3,6-7,9-10,12,17H2. The summed E-state index contributed by atoms with van der Waals surface area (Å²) < 4.78 is 6.06. The molecule has 2 aliphatic rings. The zero-order valence-corrected chi connectivity index (χ0v) is 11.6. The van der Waals surface area contributed by atoms with E-state index in [2.05, 4.69) is 4.90 Å². The van der Waals surface area contributed by atoms with Crippen molar-refractivity contribution in [3.63, 3.8) is 0 Å². The Morgan fingerprint density at radius 2 is 1.95 bits per heavy atom. The third kappa shape index (κ3) is 3.21. The Kier molecular flexibility index (Phi) is 3.92. The van der Waals surface area contributed by atoms with Gasteiger partial charge in [-0.2, -0.15) is 0 Å². The van der Waals surface area contributed by atoms with Gasteiger partial charge in [-0.25, -0.2) is 0 Å². The molecular formula is C16H24N2O. The van der Waals surface area contributed by atoms with Crippen molar-refractivity contribution in [1.29, 1.82) is 0 Å². The second-order valence-corrected chi connectivity index (χ2v) is 5.89. The van der Waals surface area contributed by atoms with Crippen LogP contribution in [0, 0.1) is 0 Å². The summed E-state index contributed by atoms with van der Waals surface area (Å²) in [5.74, 6) is 0.912. The van der Waals surface area contributed by atoms with Crippen molar-refractivity contribution in [2.45, 2.75) is 50.7 Å². The third-order valence-electron chi connectivity index (χ3n) is 4.43. The smallest absolute Gasteiger partial charge is 0.121 e. The molecular weight excluding hydrogens is 236 g/mol. The lowest BCUT2D eigenvalue weighted by molar-refractivity contribution is 0.155. The van der Waals surface area contributed by atoms with Gasteiger partial charge in [-0.1, -0.05) is 25.3 Å². The summed E-state index contributed by atoms with van der Waals surface area (Å²) >= 11 is 0. The second-order valence-electron chi connectivity index (χ2n) is 5.89. The monoisotopic (exact) mass is 260 g/mol. The first-order valence-electron chi connectivity index (χ1n) is 7.57. The molecule has 0 radical (unpaired) electrons. The van der Waals surface area contributed by atoms with Gasteiger partial charge < -0.3 is 10.5 Å². The van der Waals surface area contributed by atoms with Crippen molar-refractivity contribution in [3.05, 3.63) is 24.3 Å². The number of hydrogen-bond donors (Lipinski definition) is 1. The minimum absolute atomic E-state index is 0.337. The van der Waals surface area contributed by atoms with Gasteiger partial charge in [0.2, 0.25) is 0 Å². The number of rotatable bonds is 3. The van der Waals surface area contributed by atoms with E-state index in [1.807, 2.05) is 24.3 Å². The number of nitrogen functional groups attached to an aromatic ring is 1. The Labute approximate surface area is 115 Å². The van der Waals surface area contributed by atoms with Gasteiger partial charge in [-0.15, -0.1) is 0 Å². The normalized spacial score (nSPS) is 25.6. The summed E-state index contributed by atoms with van der Waals surface area (Å²) in [5, 5.41) is 0. The van der Waals surface area contributed by atoms with Crippen LogP contribution in [0.5, 0.6) is 5.75 Å². The minimum atomic E-state index is 0.337.